The molecule has 0 atom stereocenters. The van der Waals surface area contributed by atoms with E-state index in [9.17, 15) is 4.79 Å². The lowest BCUT2D eigenvalue weighted by molar-refractivity contribution is 0.0740. The van der Waals surface area contributed by atoms with Crippen LogP contribution in [0.15, 0.2) is 48.1 Å². The maximum absolute atomic E-state index is 12.6. The van der Waals surface area contributed by atoms with Crippen molar-refractivity contribution >= 4 is 22.4 Å². The molecule has 0 radical (unpaired) electrons. The highest BCUT2D eigenvalue weighted by molar-refractivity contribution is 7.13. The highest BCUT2D eigenvalue weighted by Gasteiger charge is 2.25. The van der Waals surface area contributed by atoms with Gasteiger partial charge in [-0.05, 0) is 12.1 Å². The summed E-state index contributed by atoms with van der Waals surface area (Å²) in [5, 5.41) is 11.5. The Morgan fingerprint density at radius 1 is 1.08 bits per heavy atom. The Hall–Kier alpha value is -2.74. The molecule has 0 spiro atoms. The van der Waals surface area contributed by atoms with Crippen molar-refractivity contribution in [3.05, 3.63) is 53.8 Å². The number of aromatic nitrogens is 4. The first-order valence-corrected chi connectivity index (χ1v) is 8.61. The van der Waals surface area contributed by atoms with Gasteiger partial charge < -0.3 is 9.80 Å². The smallest absolute Gasteiger partial charge is 0.276 e. The van der Waals surface area contributed by atoms with Gasteiger partial charge >= 0.3 is 0 Å². The van der Waals surface area contributed by atoms with E-state index in [1.807, 2.05) is 40.6 Å². The van der Waals surface area contributed by atoms with Crippen LogP contribution in [0.5, 0.6) is 0 Å². The zero-order valence-corrected chi connectivity index (χ0v) is 13.8. The highest BCUT2D eigenvalue weighted by Crippen LogP contribution is 2.19. The minimum Gasteiger partial charge on any atom is -0.345 e. The molecule has 0 aliphatic carbocycles. The molecule has 7 nitrogen and oxygen atoms in total. The maximum atomic E-state index is 12.6. The number of thiazole rings is 1. The van der Waals surface area contributed by atoms with E-state index in [-0.39, 0.29) is 5.91 Å². The summed E-state index contributed by atoms with van der Waals surface area (Å²) in [5.74, 6) is -0.0732. The normalized spacial score (nSPS) is 14.8. The molecular formula is C16H16N6OS. The fourth-order valence-electron chi connectivity index (χ4n) is 2.68. The predicted octanol–water partition coefficient (Wildman–Crippen LogP) is 1.69. The Bertz CT molecular complexity index is 808. The minimum absolute atomic E-state index is 0.0732. The largest absolute Gasteiger partial charge is 0.345 e. The van der Waals surface area contributed by atoms with Gasteiger partial charge in [0.25, 0.3) is 5.91 Å². The quantitative estimate of drug-likeness (QED) is 0.726. The number of nitrogens with zero attached hydrogens (tertiary/aromatic N) is 6. The molecule has 0 saturated carbocycles. The molecule has 1 saturated heterocycles. The summed E-state index contributed by atoms with van der Waals surface area (Å²) in [5.41, 5.74) is 1.21. The van der Waals surface area contributed by atoms with Crippen molar-refractivity contribution in [2.75, 3.05) is 31.1 Å². The minimum atomic E-state index is -0.0732. The SMILES string of the molecule is O=C(c1cnn(-c2ccccc2)n1)N1CCN(c2nccs2)CC1. The van der Waals surface area contributed by atoms with E-state index in [0.717, 1.165) is 23.9 Å². The molecule has 24 heavy (non-hydrogen) atoms. The average Bonchev–Trinajstić information content (AvgIpc) is 3.34. The maximum Gasteiger partial charge on any atom is 0.276 e. The van der Waals surface area contributed by atoms with Crippen LogP contribution in [-0.4, -0.2) is 57.0 Å². The van der Waals surface area contributed by atoms with Crippen LogP contribution < -0.4 is 4.90 Å². The number of hydrogen-bond acceptors (Lipinski definition) is 6. The molecule has 0 bridgehead atoms. The third kappa shape index (κ3) is 2.88. The van der Waals surface area contributed by atoms with Crippen molar-refractivity contribution < 1.29 is 4.79 Å². The summed E-state index contributed by atoms with van der Waals surface area (Å²) in [7, 11) is 0. The van der Waals surface area contributed by atoms with Gasteiger partial charge in [0, 0.05) is 37.8 Å². The number of rotatable bonds is 3. The molecule has 4 rings (SSSR count). The summed E-state index contributed by atoms with van der Waals surface area (Å²) in [6.07, 6.45) is 3.34. The summed E-state index contributed by atoms with van der Waals surface area (Å²) in [4.78, 5) is 22.4. The van der Waals surface area contributed by atoms with Gasteiger partial charge in [-0.3, -0.25) is 4.79 Å². The molecule has 1 amide bonds. The van der Waals surface area contributed by atoms with Crippen LogP contribution >= 0.6 is 11.3 Å². The lowest BCUT2D eigenvalue weighted by Gasteiger charge is -2.34. The van der Waals surface area contributed by atoms with Gasteiger partial charge in [0.2, 0.25) is 0 Å². The van der Waals surface area contributed by atoms with Crippen molar-refractivity contribution in [3.8, 4) is 5.69 Å². The van der Waals surface area contributed by atoms with Gasteiger partial charge in [-0.1, -0.05) is 18.2 Å². The van der Waals surface area contributed by atoms with Crippen molar-refractivity contribution in [1.29, 1.82) is 0 Å². The molecule has 8 heteroatoms. The number of carbonyl (C=O) groups is 1. The Morgan fingerprint density at radius 2 is 1.88 bits per heavy atom. The number of anilines is 1. The van der Waals surface area contributed by atoms with Crippen LogP contribution in [0.2, 0.25) is 0 Å². The molecule has 1 fully saturated rings. The summed E-state index contributed by atoms with van der Waals surface area (Å²) in [6, 6.07) is 9.57. The Balaban J connectivity index is 1.43. The van der Waals surface area contributed by atoms with Gasteiger partial charge in [-0.25, -0.2) is 4.98 Å². The monoisotopic (exact) mass is 340 g/mol. The lowest BCUT2D eigenvalue weighted by Crippen LogP contribution is -2.48. The van der Waals surface area contributed by atoms with Gasteiger partial charge in [-0.2, -0.15) is 9.90 Å². The summed E-state index contributed by atoms with van der Waals surface area (Å²) in [6.45, 7) is 2.89. The molecule has 3 heterocycles. The lowest BCUT2D eigenvalue weighted by atomic mass is 10.3. The second-order valence-corrected chi connectivity index (χ2v) is 6.32. The number of para-hydroxylation sites is 1. The number of piperazine rings is 1. The third-order valence-corrected chi connectivity index (χ3v) is 4.79. The number of amides is 1. The van der Waals surface area contributed by atoms with E-state index in [1.165, 1.54) is 11.0 Å². The average molecular weight is 340 g/mol. The van der Waals surface area contributed by atoms with E-state index >= 15 is 0 Å². The molecule has 1 aromatic carbocycles. The zero-order chi connectivity index (χ0) is 16.4. The number of hydrogen-bond donors (Lipinski definition) is 0. The van der Waals surface area contributed by atoms with Crippen LogP contribution in [0.3, 0.4) is 0 Å². The number of carbonyl (C=O) groups excluding carboxylic acids is 1. The van der Waals surface area contributed by atoms with E-state index < -0.39 is 0 Å². The molecule has 1 aliphatic rings. The molecule has 0 N–H and O–H groups in total. The first-order valence-electron chi connectivity index (χ1n) is 7.73. The van der Waals surface area contributed by atoms with Crippen LogP contribution in [0.25, 0.3) is 5.69 Å². The van der Waals surface area contributed by atoms with Crippen LogP contribution in [-0.2, 0) is 0 Å². The molecule has 3 aromatic rings. The zero-order valence-electron chi connectivity index (χ0n) is 12.9. The highest BCUT2D eigenvalue weighted by atomic mass is 32.1. The third-order valence-electron chi connectivity index (χ3n) is 3.95. The Kier molecular flexibility index (Phi) is 3.96. The van der Waals surface area contributed by atoms with Gasteiger partial charge in [0.15, 0.2) is 10.8 Å². The van der Waals surface area contributed by atoms with Crippen LogP contribution in [0.1, 0.15) is 10.5 Å². The fraction of sp³-hybridized carbons (Fsp3) is 0.250. The topological polar surface area (TPSA) is 67.2 Å². The summed E-state index contributed by atoms with van der Waals surface area (Å²) >= 11 is 1.62. The summed E-state index contributed by atoms with van der Waals surface area (Å²) < 4.78 is 0. The van der Waals surface area contributed by atoms with E-state index in [2.05, 4.69) is 20.1 Å². The van der Waals surface area contributed by atoms with Crippen molar-refractivity contribution in [2.24, 2.45) is 0 Å². The van der Waals surface area contributed by atoms with Crippen molar-refractivity contribution in [2.45, 2.75) is 0 Å². The first-order chi connectivity index (χ1) is 11.8. The number of benzene rings is 1. The van der Waals surface area contributed by atoms with E-state index in [0.29, 0.717) is 18.8 Å². The fourth-order valence-corrected chi connectivity index (χ4v) is 3.38. The molecular weight excluding hydrogens is 324 g/mol. The molecule has 0 unspecified atom stereocenters. The van der Waals surface area contributed by atoms with Gasteiger partial charge in [0.05, 0.1) is 11.9 Å². The predicted molar refractivity (Wildman–Crippen MR) is 91.6 cm³/mol. The second-order valence-electron chi connectivity index (χ2n) is 5.45. The van der Waals surface area contributed by atoms with E-state index in [1.54, 1.807) is 17.5 Å². The molecule has 1 aliphatic heterocycles. The van der Waals surface area contributed by atoms with E-state index in [4.69, 9.17) is 0 Å². The Morgan fingerprint density at radius 3 is 2.58 bits per heavy atom. The molecule has 2 aromatic heterocycles. The standard InChI is InChI=1S/C16H16N6OS/c23-15(14-12-18-22(19-14)13-4-2-1-3-5-13)20-7-9-21(10-8-20)16-17-6-11-24-16/h1-6,11-12H,7-10H2. The Labute approximate surface area is 143 Å². The van der Waals surface area contributed by atoms with Gasteiger partial charge in [-0.15, -0.1) is 16.4 Å². The van der Waals surface area contributed by atoms with Crippen molar-refractivity contribution in [3.63, 3.8) is 0 Å². The molecule has 122 valence electrons. The van der Waals surface area contributed by atoms with Crippen LogP contribution in [0.4, 0.5) is 5.13 Å². The van der Waals surface area contributed by atoms with Crippen LogP contribution in [0, 0.1) is 0 Å². The first kappa shape index (κ1) is 14.8. The van der Waals surface area contributed by atoms with Gasteiger partial charge in [0.1, 0.15) is 0 Å². The second kappa shape index (κ2) is 6.40. The van der Waals surface area contributed by atoms with Crippen molar-refractivity contribution in [1.82, 2.24) is 24.9 Å².